The van der Waals surface area contributed by atoms with Gasteiger partial charge < -0.3 is 20.4 Å². The number of carbonyl (C=O) groups excluding carboxylic acids is 3. The van der Waals surface area contributed by atoms with Crippen LogP contribution in [-0.4, -0.2) is 35.9 Å². The van der Waals surface area contributed by atoms with Crippen molar-refractivity contribution in [3.8, 4) is 0 Å². The molecule has 1 aromatic carbocycles. The summed E-state index contributed by atoms with van der Waals surface area (Å²) in [7, 11) is 0. The molecule has 0 spiro atoms. The highest BCUT2D eigenvalue weighted by Crippen LogP contribution is 2.14. The largest absolute Gasteiger partial charge is 0.451 e. The van der Waals surface area contributed by atoms with Crippen molar-refractivity contribution in [3.05, 3.63) is 53.9 Å². The van der Waals surface area contributed by atoms with Gasteiger partial charge in [-0.1, -0.05) is 25.1 Å². The molecule has 0 aliphatic carbocycles. The highest BCUT2D eigenvalue weighted by Gasteiger charge is 2.12. The molecule has 1 aromatic heterocycles. The number of aromatic amines is 1. The molecule has 1 heterocycles. The van der Waals surface area contributed by atoms with Crippen LogP contribution in [0.25, 0.3) is 0 Å². The van der Waals surface area contributed by atoms with Gasteiger partial charge in [0.2, 0.25) is 5.91 Å². The van der Waals surface area contributed by atoms with Crippen LogP contribution in [0.15, 0.2) is 42.6 Å². The molecule has 0 aliphatic heterocycles. The Morgan fingerprint density at radius 3 is 2.58 bits per heavy atom. The minimum atomic E-state index is -0.628. The van der Waals surface area contributed by atoms with Crippen LogP contribution in [0.4, 0.5) is 5.69 Å². The van der Waals surface area contributed by atoms with Crippen molar-refractivity contribution in [3.63, 3.8) is 0 Å². The monoisotopic (exact) mass is 329 g/mol. The summed E-state index contributed by atoms with van der Waals surface area (Å²) in [6.45, 7) is 1.35. The molecule has 2 aromatic rings. The maximum absolute atomic E-state index is 11.9. The van der Waals surface area contributed by atoms with E-state index in [0.29, 0.717) is 0 Å². The summed E-state index contributed by atoms with van der Waals surface area (Å²) in [5.41, 5.74) is 1.99. The number of esters is 1. The Balaban J connectivity index is 1.73. The third kappa shape index (κ3) is 4.98. The van der Waals surface area contributed by atoms with E-state index in [9.17, 15) is 14.4 Å². The highest BCUT2D eigenvalue weighted by atomic mass is 16.5. The number of H-pyrrole nitrogens is 1. The molecule has 7 nitrogen and oxygen atoms in total. The number of carbonyl (C=O) groups is 3. The van der Waals surface area contributed by atoms with E-state index in [1.165, 1.54) is 0 Å². The Hall–Kier alpha value is -3.09. The van der Waals surface area contributed by atoms with Crippen LogP contribution >= 0.6 is 0 Å². The van der Waals surface area contributed by atoms with Gasteiger partial charge in [0.15, 0.2) is 6.61 Å². The van der Waals surface area contributed by atoms with Gasteiger partial charge in [-0.2, -0.15) is 0 Å². The first-order chi connectivity index (χ1) is 11.6. The van der Waals surface area contributed by atoms with E-state index in [1.807, 2.05) is 25.1 Å². The molecule has 0 saturated carbocycles. The Morgan fingerprint density at radius 1 is 1.08 bits per heavy atom. The second-order valence-electron chi connectivity index (χ2n) is 5.00. The van der Waals surface area contributed by atoms with Crippen molar-refractivity contribution >= 4 is 23.5 Å². The van der Waals surface area contributed by atoms with Gasteiger partial charge in [0.05, 0.1) is 6.54 Å². The molecule has 24 heavy (non-hydrogen) atoms. The summed E-state index contributed by atoms with van der Waals surface area (Å²) in [4.78, 5) is 37.7. The standard InChI is InChI=1S/C17H19N3O4/c1-2-12-6-3-4-7-13(12)20-15(21)10-19-16(22)11-24-17(23)14-8-5-9-18-14/h3-9,18H,2,10-11H2,1H3,(H,19,22)(H,20,21). The minimum Gasteiger partial charge on any atom is -0.451 e. The fourth-order valence-electron chi connectivity index (χ4n) is 2.04. The van der Waals surface area contributed by atoms with Crippen molar-refractivity contribution < 1.29 is 19.1 Å². The number of amides is 2. The average molecular weight is 329 g/mol. The lowest BCUT2D eigenvalue weighted by molar-refractivity contribution is -0.126. The normalized spacial score (nSPS) is 10.0. The number of nitrogens with one attached hydrogen (secondary N) is 3. The molecule has 7 heteroatoms. The first-order valence-corrected chi connectivity index (χ1v) is 7.55. The van der Waals surface area contributed by atoms with E-state index >= 15 is 0 Å². The molecule has 0 unspecified atom stereocenters. The van der Waals surface area contributed by atoms with E-state index < -0.39 is 18.5 Å². The highest BCUT2D eigenvalue weighted by molar-refractivity contribution is 5.95. The van der Waals surface area contributed by atoms with Crippen LogP contribution in [0.1, 0.15) is 23.0 Å². The van der Waals surface area contributed by atoms with Gasteiger partial charge in [0.1, 0.15) is 5.69 Å². The molecule has 0 radical (unpaired) electrons. The summed E-state index contributed by atoms with van der Waals surface area (Å²) >= 11 is 0. The second-order valence-corrected chi connectivity index (χ2v) is 5.00. The van der Waals surface area contributed by atoms with Gasteiger partial charge in [0, 0.05) is 11.9 Å². The fourth-order valence-corrected chi connectivity index (χ4v) is 2.04. The van der Waals surface area contributed by atoms with Gasteiger partial charge in [-0.05, 0) is 30.2 Å². The summed E-state index contributed by atoms with van der Waals surface area (Å²) in [5.74, 6) is -1.52. The number of benzene rings is 1. The molecular formula is C17H19N3O4. The number of rotatable bonds is 7. The van der Waals surface area contributed by atoms with Gasteiger partial charge in [-0.15, -0.1) is 0 Å². The maximum atomic E-state index is 11.9. The SMILES string of the molecule is CCc1ccccc1NC(=O)CNC(=O)COC(=O)c1ccc[nH]1. The van der Waals surface area contributed by atoms with Gasteiger partial charge in [-0.3, -0.25) is 9.59 Å². The summed E-state index contributed by atoms with van der Waals surface area (Å²) < 4.78 is 4.82. The molecule has 0 fully saturated rings. The van der Waals surface area contributed by atoms with Crippen LogP contribution in [0.2, 0.25) is 0 Å². The van der Waals surface area contributed by atoms with Gasteiger partial charge in [0.25, 0.3) is 5.91 Å². The number of anilines is 1. The molecule has 0 bridgehead atoms. The van der Waals surface area contributed by atoms with Crippen molar-refractivity contribution in [1.82, 2.24) is 10.3 Å². The predicted molar refractivity (Wildman–Crippen MR) is 88.5 cm³/mol. The maximum Gasteiger partial charge on any atom is 0.355 e. The van der Waals surface area contributed by atoms with E-state index in [0.717, 1.165) is 17.7 Å². The lowest BCUT2D eigenvalue weighted by Crippen LogP contribution is -2.35. The molecular weight excluding hydrogens is 310 g/mol. The van der Waals surface area contributed by atoms with Crippen LogP contribution in [0.3, 0.4) is 0 Å². The number of aromatic nitrogens is 1. The number of ether oxygens (including phenoxy) is 1. The van der Waals surface area contributed by atoms with Gasteiger partial charge in [-0.25, -0.2) is 4.79 Å². The van der Waals surface area contributed by atoms with Crippen molar-refractivity contribution in [2.45, 2.75) is 13.3 Å². The van der Waals surface area contributed by atoms with Crippen LogP contribution in [-0.2, 0) is 20.7 Å². The molecule has 0 saturated heterocycles. The Labute approximate surface area is 139 Å². The summed E-state index contributed by atoms with van der Waals surface area (Å²) in [5, 5.41) is 5.14. The van der Waals surface area contributed by atoms with Crippen molar-refractivity contribution in [1.29, 1.82) is 0 Å². The van der Waals surface area contributed by atoms with E-state index in [4.69, 9.17) is 4.74 Å². The van der Waals surface area contributed by atoms with Crippen LogP contribution < -0.4 is 10.6 Å². The lowest BCUT2D eigenvalue weighted by atomic mass is 10.1. The third-order valence-corrected chi connectivity index (χ3v) is 3.27. The van der Waals surface area contributed by atoms with Gasteiger partial charge >= 0.3 is 5.97 Å². The fraction of sp³-hybridized carbons (Fsp3) is 0.235. The van der Waals surface area contributed by atoms with Crippen molar-refractivity contribution in [2.75, 3.05) is 18.5 Å². The molecule has 3 N–H and O–H groups in total. The zero-order valence-corrected chi connectivity index (χ0v) is 13.3. The first kappa shape index (κ1) is 17.3. The molecule has 2 rings (SSSR count). The lowest BCUT2D eigenvalue weighted by Gasteiger charge is -2.10. The molecule has 0 aliphatic rings. The number of para-hydroxylation sites is 1. The number of hydrogen-bond acceptors (Lipinski definition) is 4. The topological polar surface area (TPSA) is 100 Å². The average Bonchev–Trinajstić information content (AvgIpc) is 3.13. The van der Waals surface area contributed by atoms with Crippen LogP contribution in [0.5, 0.6) is 0 Å². The van der Waals surface area contributed by atoms with E-state index in [-0.39, 0.29) is 18.1 Å². The molecule has 0 atom stereocenters. The second kappa shape index (κ2) is 8.52. The van der Waals surface area contributed by atoms with Crippen molar-refractivity contribution in [2.24, 2.45) is 0 Å². The molecule has 2 amide bonds. The smallest absolute Gasteiger partial charge is 0.355 e. The summed E-state index contributed by atoms with van der Waals surface area (Å²) in [6.07, 6.45) is 2.37. The summed E-state index contributed by atoms with van der Waals surface area (Å²) in [6, 6.07) is 10.6. The third-order valence-electron chi connectivity index (χ3n) is 3.27. The predicted octanol–water partition coefficient (Wildman–Crippen LogP) is 1.49. The number of hydrogen-bond donors (Lipinski definition) is 3. The quantitative estimate of drug-likeness (QED) is 0.670. The van der Waals surface area contributed by atoms with E-state index in [2.05, 4.69) is 15.6 Å². The Morgan fingerprint density at radius 2 is 1.88 bits per heavy atom. The zero-order chi connectivity index (χ0) is 17.4. The van der Waals surface area contributed by atoms with Crippen LogP contribution in [0, 0.1) is 0 Å². The Bertz CT molecular complexity index is 710. The zero-order valence-electron chi connectivity index (χ0n) is 13.3. The Kier molecular flexibility index (Phi) is 6.13. The molecule has 126 valence electrons. The minimum absolute atomic E-state index is 0.197. The first-order valence-electron chi connectivity index (χ1n) is 7.55. The van der Waals surface area contributed by atoms with E-state index in [1.54, 1.807) is 24.4 Å². The number of aryl methyl sites for hydroxylation is 1.